The van der Waals surface area contributed by atoms with Crippen LogP contribution in [0.4, 0.5) is 10.1 Å². The highest BCUT2D eigenvalue weighted by atomic mass is 32.2. The van der Waals surface area contributed by atoms with Crippen molar-refractivity contribution < 1.29 is 37.0 Å². The molecule has 0 radical (unpaired) electrons. The van der Waals surface area contributed by atoms with Gasteiger partial charge in [-0.3, -0.25) is 14.3 Å². The molecular weight excluding hydrogens is 625 g/mol. The monoisotopic (exact) mass is 675 g/mol. The summed E-state index contributed by atoms with van der Waals surface area (Å²) in [6, 6.07) is 8.40. The van der Waals surface area contributed by atoms with Crippen LogP contribution >= 0.6 is 0 Å². The summed E-state index contributed by atoms with van der Waals surface area (Å²) in [5.41, 5.74) is 0.273. The van der Waals surface area contributed by atoms with Crippen LogP contribution in [0.3, 0.4) is 0 Å². The van der Waals surface area contributed by atoms with Crippen molar-refractivity contribution >= 4 is 27.5 Å². The molecule has 2 N–H and O–H groups in total. The van der Waals surface area contributed by atoms with Crippen LogP contribution in [0.25, 0.3) is 0 Å². The Balaban J connectivity index is 1.64. The largest absolute Gasteiger partial charge is 0.490 e. The van der Waals surface area contributed by atoms with Gasteiger partial charge < -0.3 is 24.4 Å². The number of aliphatic hydroxyl groups is 1. The number of carbonyl (C=O) groups excluding carboxylic acids is 2. The van der Waals surface area contributed by atoms with Gasteiger partial charge in [-0.1, -0.05) is 26.2 Å². The maximum atomic E-state index is 14.3. The summed E-state index contributed by atoms with van der Waals surface area (Å²) in [4.78, 5) is 30.9. The Kier molecular flexibility index (Phi) is 13.0. The maximum Gasteiger partial charge on any atom is 0.261 e. The number of fused-ring (bicyclic) bond motifs is 1. The van der Waals surface area contributed by atoms with E-state index in [2.05, 4.69) is 4.72 Å². The van der Waals surface area contributed by atoms with Crippen LogP contribution in [0, 0.1) is 17.7 Å². The van der Waals surface area contributed by atoms with Gasteiger partial charge in [0.05, 0.1) is 35.3 Å². The number of anilines is 1. The Hall–Kier alpha value is -3.22. The van der Waals surface area contributed by atoms with Gasteiger partial charge >= 0.3 is 0 Å². The molecular formula is C35H50FN3O7S. The van der Waals surface area contributed by atoms with Gasteiger partial charge in [-0.05, 0) is 88.4 Å². The molecule has 0 saturated heterocycles. The molecule has 1 aliphatic heterocycles. The molecule has 0 aromatic heterocycles. The summed E-state index contributed by atoms with van der Waals surface area (Å²) in [6.07, 6.45) is 6.83. The van der Waals surface area contributed by atoms with E-state index in [1.165, 1.54) is 12.1 Å². The summed E-state index contributed by atoms with van der Waals surface area (Å²) in [6.45, 7) is 6.45. The van der Waals surface area contributed by atoms with Crippen LogP contribution in [-0.2, 0) is 19.6 Å². The van der Waals surface area contributed by atoms with Crippen LogP contribution in [0.1, 0.15) is 82.5 Å². The van der Waals surface area contributed by atoms with E-state index < -0.39 is 27.8 Å². The van der Waals surface area contributed by atoms with Gasteiger partial charge in [0.2, 0.25) is 5.91 Å². The molecule has 4 rings (SSSR count). The Morgan fingerprint density at radius 3 is 2.43 bits per heavy atom. The van der Waals surface area contributed by atoms with Crippen LogP contribution in [0.2, 0.25) is 0 Å². The average Bonchev–Trinajstić information content (AvgIpc) is 3.06. The van der Waals surface area contributed by atoms with E-state index in [1.54, 1.807) is 22.8 Å². The minimum absolute atomic E-state index is 0.0303. The third kappa shape index (κ3) is 9.90. The zero-order valence-corrected chi connectivity index (χ0v) is 28.8. The maximum absolute atomic E-state index is 14.3. The van der Waals surface area contributed by atoms with Crippen molar-refractivity contribution in [3.63, 3.8) is 0 Å². The molecule has 1 saturated carbocycles. The molecule has 0 spiro atoms. The fraction of sp³-hybridized carbons (Fsp3) is 0.600. The molecule has 12 heteroatoms. The molecule has 2 amide bonds. The summed E-state index contributed by atoms with van der Waals surface area (Å²) in [7, 11) is -2.26. The molecule has 260 valence electrons. The molecule has 1 heterocycles. The topological polar surface area (TPSA) is 125 Å². The predicted octanol–water partition coefficient (Wildman–Crippen LogP) is 5.46. The minimum Gasteiger partial charge on any atom is -0.490 e. The number of hydrogen-bond acceptors (Lipinski definition) is 7. The van der Waals surface area contributed by atoms with Crippen LogP contribution in [0.15, 0.2) is 47.4 Å². The van der Waals surface area contributed by atoms with Crippen molar-refractivity contribution in [2.75, 3.05) is 38.1 Å². The van der Waals surface area contributed by atoms with E-state index in [0.717, 1.165) is 69.2 Å². The molecule has 0 bridgehead atoms. The van der Waals surface area contributed by atoms with Crippen LogP contribution in [0.5, 0.6) is 5.75 Å². The van der Waals surface area contributed by atoms with E-state index in [1.807, 2.05) is 20.9 Å². The summed E-state index contributed by atoms with van der Waals surface area (Å²) >= 11 is 0. The lowest BCUT2D eigenvalue weighted by atomic mass is 9.88. The van der Waals surface area contributed by atoms with E-state index in [0.29, 0.717) is 25.3 Å². The smallest absolute Gasteiger partial charge is 0.261 e. The number of sulfonamides is 1. The standard InChI is InChI=1S/C35H50FN3O7S/c1-24-21-39(25(2)23-40)35(42)31-20-29(37-47(43,44)30-16-13-28(36)14-17-30)15-18-32(31)46-26(3)10-8-9-19-45-33(24)22-38(4)34(41)27-11-6-5-7-12-27/h13-18,20,24-27,33,37,40H,5-12,19,21-23H2,1-4H3/t24-,25-,26+,33+/m0/s1. The molecule has 0 unspecified atom stereocenters. The zero-order valence-electron chi connectivity index (χ0n) is 28.0. The highest BCUT2D eigenvalue weighted by Crippen LogP contribution is 2.30. The first-order valence-corrected chi connectivity index (χ1v) is 18.3. The fourth-order valence-electron chi connectivity index (χ4n) is 6.30. The van der Waals surface area contributed by atoms with Gasteiger partial charge in [0.25, 0.3) is 15.9 Å². The van der Waals surface area contributed by atoms with E-state index in [9.17, 15) is 27.5 Å². The lowest BCUT2D eigenvalue weighted by Gasteiger charge is -2.36. The lowest BCUT2D eigenvalue weighted by Crippen LogP contribution is -2.48. The first-order valence-electron chi connectivity index (χ1n) is 16.8. The van der Waals surface area contributed by atoms with Crippen LogP contribution in [-0.4, -0.2) is 86.7 Å². The number of hydrogen-bond donors (Lipinski definition) is 2. The highest BCUT2D eigenvalue weighted by molar-refractivity contribution is 7.92. The Bertz CT molecular complexity index is 1450. The number of aliphatic hydroxyl groups excluding tert-OH is 1. The Morgan fingerprint density at radius 2 is 1.74 bits per heavy atom. The Morgan fingerprint density at radius 1 is 1.06 bits per heavy atom. The first-order chi connectivity index (χ1) is 22.4. The average molecular weight is 676 g/mol. The number of nitrogens with zero attached hydrogens (tertiary/aromatic N) is 2. The zero-order chi connectivity index (χ0) is 34.1. The first kappa shape index (κ1) is 36.6. The van der Waals surface area contributed by atoms with Crippen LogP contribution < -0.4 is 9.46 Å². The molecule has 4 atom stereocenters. The van der Waals surface area contributed by atoms with Gasteiger partial charge in [-0.2, -0.15) is 0 Å². The molecule has 2 aliphatic rings. The normalized spacial score (nSPS) is 22.8. The number of benzene rings is 2. The predicted molar refractivity (Wildman–Crippen MR) is 178 cm³/mol. The molecule has 1 fully saturated rings. The highest BCUT2D eigenvalue weighted by Gasteiger charge is 2.32. The third-order valence-electron chi connectivity index (χ3n) is 9.21. The van der Waals surface area contributed by atoms with Gasteiger partial charge in [-0.25, -0.2) is 12.8 Å². The van der Waals surface area contributed by atoms with Gasteiger partial charge in [-0.15, -0.1) is 0 Å². The third-order valence-corrected chi connectivity index (χ3v) is 10.6. The molecule has 1 aliphatic carbocycles. The van der Waals surface area contributed by atoms with E-state index in [-0.39, 0.29) is 59.2 Å². The quantitative estimate of drug-likeness (QED) is 0.381. The SMILES string of the molecule is C[C@@H]1CCCCO[C@H](CN(C)C(=O)C2CCCCC2)[C@@H](C)CN([C@@H](C)CO)C(=O)c2cc(NS(=O)(=O)c3ccc(F)cc3)ccc2O1. The molecule has 2 aromatic rings. The second kappa shape index (κ2) is 16.7. The van der Waals surface area contributed by atoms with E-state index >= 15 is 0 Å². The van der Waals surface area contributed by atoms with Crippen molar-refractivity contribution in [2.45, 2.75) is 95.3 Å². The number of ether oxygens (including phenoxy) is 2. The Labute approximate surface area is 278 Å². The second-order valence-corrected chi connectivity index (χ2v) is 14.8. The van der Waals surface area contributed by atoms with Gasteiger partial charge in [0.15, 0.2) is 0 Å². The number of amides is 2. The van der Waals surface area contributed by atoms with Gasteiger partial charge in [0, 0.05) is 44.3 Å². The van der Waals surface area contributed by atoms with E-state index in [4.69, 9.17) is 9.47 Å². The fourth-order valence-corrected chi connectivity index (χ4v) is 7.35. The summed E-state index contributed by atoms with van der Waals surface area (Å²) in [5.74, 6) is -0.742. The number of likely N-dealkylation sites (N-methyl/N-ethyl adjacent to an activating group) is 1. The van der Waals surface area contributed by atoms with Crippen molar-refractivity contribution in [2.24, 2.45) is 11.8 Å². The lowest BCUT2D eigenvalue weighted by molar-refractivity contribution is -0.137. The van der Waals surface area contributed by atoms with Crippen molar-refractivity contribution in [3.8, 4) is 5.75 Å². The summed E-state index contributed by atoms with van der Waals surface area (Å²) in [5, 5.41) is 10.2. The number of carbonyl (C=O) groups is 2. The molecule has 2 aromatic carbocycles. The number of rotatable bonds is 8. The minimum atomic E-state index is -4.08. The number of halogens is 1. The number of nitrogens with one attached hydrogen (secondary N) is 1. The molecule has 47 heavy (non-hydrogen) atoms. The van der Waals surface area contributed by atoms with Crippen molar-refractivity contribution in [3.05, 3.63) is 53.8 Å². The summed E-state index contributed by atoms with van der Waals surface area (Å²) < 4.78 is 54.7. The van der Waals surface area contributed by atoms with Crippen molar-refractivity contribution in [1.29, 1.82) is 0 Å². The van der Waals surface area contributed by atoms with Gasteiger partial charge in [0.1, 0.15) is 11.6 Å². The second-order valence-electron chi connectivity index (χ2n) is 13.1. The van der Waals surface area contributed by atoms with Crippen molar-refractivity contribution in [1.82, 2.24) is 9.80 Å². The molecule has 10 nitrogen and oxygen atoms in total.